The fraction of sp³-hybridized carbons (Fsp3) is 0.737. The molecule has 29 heavy (non-hydrogen) atoms. The van der Waals surface area contributed by atoms with E-state index in [0.29, 0.717) is 52.4 Å². The molecule has 0 saturated carbocycles. The highest BCUT2D eigenvalue weighted by atomic mass is 16.4. The Kier molecular flexibility index (Phi) is 10.8. The van der Waals surface area contributed by atoms with E-state index in [0.717, 1.165) is 5.57 Å². The van der Waals surface area contributed by atoms with Gasteiger partial charge in [-0.05, 0) is 13.8 Å². The Labute approximate surface area is 172 Å². The molecule has 0 aromatic carbocycles. The van der Waals surface area contributed by atoms with Gasteiger partial charge in [0, 0.05) is 58.4 Å². The maximum atomic E-state index is 11.3. The van der Waals surface area contributed by atoms with Crippen molar-refractivity contribution in [1.29, 1.82) is 0 Å². The smallest absolute Gasteiger partial charge is 0.317 e. The molecule has 0 aliphatic carbocycles. The van der Waals surface area contributed by atoms with E-state index < -0.39 is 17.9 Å². The molecule has 1 unspecified atom stereocenters. The highest BCUT2D eigenvalue weighted by Gasteiger charge is 2.24. The minimum Gasteiger partial charge on any atom is -0.480 e. The molecule has 0 amide bonds. The Balaban J connectivity index is 3.01. The van der Waals surface area contributed by atoms with Crippen molar-refractivity contribution in [3.63, 3.8) is 0 Å². The van der Waals surface area contributed by atoms with Crippen molar-refractivity contribution < 1.29 is 29.7 Å². The molecule has 166 valence electrons. The fourth-order valence-corrected chi connectivity index (χ4v) is 3.49. The molecule has 1 fully saturated rings. The summed E-state index contributed by atoms with van der Waals surface area (Å²) in [6.07, 6.45) is 0. The molecule has 1 saturated heterocycles. The molecular weight excluding hydrogens is 380 g/mol. The summed E-state index contributed by atoms with van der Waals surface area (Å²) in [5.41, 5.74) is 0.979. The van der Waals surface area contributed by atoms with Gasteiger partial charge in [-0.3, -0.25) is 34.0 Å². The third-order valence-corrected chi connectivity index (χ3v) is 4.86. The second kappa shape index (κ2) is 12.5. The van der Waals surface area contributed by atoms with Gasteiger partial charge in [0.05, 0.1) is 19.6 Å². The normalized spacial score (nSPS) is 21.8. The maximum Gasteiger partial charge on any atom is 0.317 e. The number of hydrogen-bond acceptors (Lipinski definition) is 7. The minimum atomic E-state index is -0.967. The molecule has 0 spiro atoms. The molecule has 10 nitrogen and oxygen atoms in total. The van der Waals surface area contributed by atoms with Gasteiger partial charge in [0.15, 0.2) is 0 Å². The molecule has 0 aromatic heterocycles. The van der Waals surface area contributed by atoms with Crippen molar-refractivity contribution in [3.05, 3.63) is 12.2 Å². The van der Waals surface area contributed by atoms with E-state index in [1.165, 1.54) is 0 Å². The van der Waals surface area contributed by atoms with E-state index in [-0.39, 0.29) is 25.7 Å². The fourth-order valence-electron chi connectivity index (χ4n) is 3.49. The summed E-state index contributed by atoms with van der Waals surface area (Å²) in [4.78, 5) is 41.3. The van der Waals surface area contributed by atoms with Crippen molar-refractivity contribution in [2.24, 2.45) is 0 Å². The van der Waals surface area contributed by atoms with Crippen LogP contribution < -0.4 is 0 Å². The monoisotopic (exact) mass is 414 g/mol. The van der Waals surface area contributed by atoms with Gasteiger partial charge in [0.25, 0.3) is 0 Å². The average Bonchev–Trinajstić information content (AvgIpc) is 2.57. The standard InChI is InChI=1S/C19H34N4O6/c1-15(2)10-20-4-5-21(12-17(24)25)8-9-23(14-19(28)29)16(3)11-22(7-6-20)13-18(26)27/h16H,1,4-14H2,2-3H3,(H,24,25)(H,26,27)(H,28,29). The van der Waals surface area contributed by atoms with Gasteiger partial charge in [-0.2, -0.15) is 0 Å². The van der Waals surface area contributed by atoms with E-state index >= 15 is 0 Å². The largest absolute Gasteiger partial charge is 0.480 e. The SMILES string of the molecule is C=C(C)CN1CCN(CC(=O)O)CCN(CC(=O)O)C(C)CN(CC(=O)O)CC1. The molecule has 1 rings (SSSR count). The lowest BCUT2D eigenvalue weighted by atomic mass is 10.2. The molecule has 0 bridgehead atoms. The highest BCUT2D eigenvalue weighted by Crippen LogP contribution is 2.07. The number of aliphatic carboxylic acids is 3. The number of nitrogens with zero attached hydrogens (tertiary/aromatic N) is 4. The first-order chi connectivity index (χ1) is 13.6. The zero-order valence-corrected chi connectivity index (χ0v) is 17.4. The first kappa shape index (κ1) is 25.0. The number of carboxylic acids is 3. The Bertz CT molecular complexity index is 585. The molecule has 0 aromatic rings. The van der Waals surface area contributed by atoms with Crippen LogP contribution in [0.5, 0.6) is 0 Å². The van der Waals surface area contributed by atoms with Gasteiger partial charge in [-0.1, -0.05) is 12.2 Å². The predicted molar refractivity (Wildman–Crippen MR) is 108 cm³/mol. The molecule has 3 N–H and O–H groups in total. The van der Waals surface area contributed by atoms with Crippen LogP contribution in [-0.4, -0.2) is 131 Å². The second-order valence-corrected chi connectivity index (χ2v) is 7.75. The van der Waals surface area contributed by atoms with Crippen LogP contribution in [0.15, 0.2) is 12.2 Å². The van der Waals surface area contributed by atoms with Crippen molar-refractivity contribution >= 4 is 17.9 Å². The first-order valence-electron chi connectivity index (χ1n) is 9.77. The third kappa shape index (κ3) is 10.9. The third-order valence-electron chi connectivity index (χ3n) is 4.86. The van der Waals surface area contributed by atoms with Crippen LogP contribution >= 0.6 is 0 Å². The van der Waals surface area contributed by atoms with Crippen LogP contribution in [0.1, 0.15) is 13.8 Å². The first-order valence-corrected chi connectivity index (χ1v) is 9.77. The Morgan fingerprint density at radius 1 is 0.759 bits per heavy atom. The van der Waals surface area contributed by atoms with Crippen molar-refractivity contribution in [3.8, 4) is 0 Å². The van der Waals surface area contributed by atoms with Gasteiger partial charge in [0.1, 0.15) is 0 Å². The molecule has 0 radical (unpaired) electrons. The van der Waals surface area contributed by atoms with E-state index in [4.69, 9.17) is 0 Å². The quantitative estimate of drug-likeness (QED) is 0.445. The summed E-state index contributed by atoms with van der Waals surface area (Å²) in [5, 5.41) is 27.7. The zero-order chi connectivity index (χ0) is 22.0. The van der Waals surface area contributed by atoms with E-state index in [9.17, 15) is 29.7 Å². The van der Waals surface area contributed by atoms with Crippen LogP contribution in [0.2, 0.25) is 0 Å². The van der Waals surface area contributed by atoms with E-state index in [1.807, 2.05) is 23.6 Å². The second-order valence-electron chi connectivity index (χ2n) is 7.75. The van der Waals surface area contributed by atoms with Crippen LogP contribution in [0.4, 0.5) is 0 Å². The van der Waals surface area contributed by atoms with Crippen LogP contribution in [0, 0.1) is 0 Å². The number of carbonyl (C=O) groups is 3. The minimum absolute atomic E-state index is 0.110. The van der Waals surface area contributed by atoms with E-state index in [1.54, 1.807) is 4.90 Å². The van der Waals surface area contributed by atoms with Crippen LogP contribution in [0.25, 0.3) is 0 Å². The molecule has 10 heteroatoms. The van der Waals surface area contributed by atoms with Crippen LogP contribution in [0.3, 0.4) is 0 Å². The van der Waals surface area contributed by atoms with Gasteiger partial charge in [0.2, 0.25) is 0 Å². The summed E-state index contributed by atoms with van der Waals surface area (Å²) in [6, 6.07) is -0.189. The maximum absolute atomic E-state index is 11.3. The Hall–Kier alpha value is -2.01. The lowest BCUT2D eigenvalue weighted by molar-refractivity contribution is -0.141. The topological polar surface area (TPSA) is 125 Å². The number of rotatable bonds is 8. The summed E-state index contributed by atoms with van der Waals surface area (Å²) >= 11 is 0. The van der Waals surface area contributed by atoms with E-state index in [2.05, 4.69) is 11.5 Å². The van der Waals surface area contributed by atoms with Crippen molar-refractivity contribution in [1.82, 2.24) is 19.6 Å². The summed E-state index contributed by atoms with van der Waals surface area (Å²) in [7, 11) is 0. The average molecular weight is 415 g/mol. The Morgan fingerprint density at radius 3 is 1.66 bits per heavy atom. The molecule has 1 aliphatic heterocycles. The molecular formula is C19H34N4O6. The molecule has 1 atom stereocenters. The van der Waals surface area contributed by atoms with Gasteiger partial charge in [-0.15, -0.1) is 0 Å². The van der Waals surface area contributed by atoms with Gasteiger partial charge in [-0.25, -0.2) is 0 Å². The van der Waals surface area contributed by atoms with Crippen molar-refractivity contribution in [2.75, 3.05) is 72.0 Å². The molecule has 1 aliphatic rings. The van der Waals surface area contributed by atoms with Gasteiger partial charge >= 0.3 is 17.9 Å². The van der Waals surface area contributed by atoms with Crippen molar-refractivity contribution in [2.45, 2.75) is 19.9 Å². The zero-order valence-electron chi connectivity index (χ0n) is 17.4. The van der Waals surface area contributed by atoms with Gasteiger partial charge < -0.3 is 15.3 Å². The lowest BCUT2D eigenvalue weighted by Crippen LogP contribution is -2.51. The highest BCUT2D eigenvalue weighted by molar-refractivity contribution is 5.70. The lowest BCUT2D eigenvalue weighted by Gasteiger charge is -2.36. The number of carboxylic acid groups (broad SMARTS) is 3. The molecule has 1 heterocycles. The number of hydrogen-bond donors (Lipinski definition) is 3. The summed E-state index contributed by atoms with van der Waals surface area (Å²) in [6.45, 7) is 11.5. The summed E-state index contributed by atoms with van der Waals surface area (Å²) in [5.74, 6) is -2.81. The predicted octanol–water partition coefficient (Wildman–Crippen LogP) is -0.574. The summed E-state index contributed by atoms with van der Waals surface area (Å²) < 4.78 is 0. The Morgan fingerprint density at radius 2 is 1.17 bits per heavy atom. The van der Waals surface area contributed by atoms with Crippen LogP contribution in [-0.2, 0) is 14.4 Å².